The maximum absolute atomic E-state index is 9.29. The van der Waals surface area contributed by atoms with E-state index in [9.17, 15) is 5.11 Å². The molecule has 1 aromatic rings. The summed E-state index contributed by atoms with van der Waals surface area (Å²) in [5, 5.41) is 9.29. The first-order valence-electron chi connectivity index (χ1n) is 5.16. The average Bonchev–Trinajstić information content (AvgIpc) is 2.24. The first-order chi connectivity index (χ1) is 7.22. The molecule has 84 valence electrons. The Morgan fingerprint density at radius 1 is 1.33 bits per heavy atom. The molecule has 15 heavy (non-hydrogen) atoms. The molecule has 0 atom stereocenters. The Hall–Kier alpha value is -0.970. The minimum atomic E-state index is -0.155. The monoisotopic (exact) mass is 227 g/mol. The van der Waals surface area contributed by atoms with Crippen molar-refractivity contribution < 1.29 is 5.11 Å². The van der Waals surface area contributed by atoms with Gasteiger partial charge in [0.25, 0.3) is 0 Å². The number of rotatable bonds is 5. The molecule has 0 aliphatic carbocycles. The van der Waals surface area contributed by atoms with Crippen LogP contribution in [0.4, 0.5) is 5.82 Å². The van der Waals surface area contributed by atoms with Crippen molar-refractivity contribution in [3.05, 3.63) is 6.20 Å². The smallest absolute Gasteiger partial charge is 0.315 e. The van der Waals surface area contributed by atoms with Crippen LogP contribution in [-0.2, 0) is 0 Å². The Kier molecular flexibility index (Phi) is 4.68. The lowest BCUT2D eigenvalue weighted by Gasteiger charge is -2.21. The van der Waals surface area contributed by atoms with Crippen LogP contribution < -0.4 is 4.90 Å². The molecule has 0 aliphatic rings. The third-order valence-corrected chi connectivity index (χ3v) is 2.97. The lowest BCUT2D eigenvalue weighted by molar-refractivity contribution is 0.428. The van der Waals surface area contributed by atoms with Crippen molar-refractivity contribution >= 4 is 17.6 Å². The summed E-state index contributed by atoms with van der Waals surface area (Å²) >= 11 is 1.69. The Morgan fingerprint density at radius 3 is 2.53 bits per heavy atom. The quantitative estimate of drug-likeness (QED) is 0.781. The van der Waals surface area contributed by atoms with E-state index in [0.29, 0.717) is 0 Å². The highest BCUT2D eigenvalue weighted by atomic mass is 32.2. The molecule has 1 N–H and O–H groups in total. The number of aromatic hydroxyl groups is 1. The number of hydrogen-bond donors (Lipinski definition) is 1. The van der Waals surface area contributed by atoms with E-state index in [1.54, 1.807) is 18.0 Å². The van der Waals surface area contributed by atoms with E-state index in [-0.39, 0.29) is 6.01 Å². The molecule has 0 saturated carbocycles. The van der Waals surface area contributed by atoms with Gasteiger partial charge in [0.2, 0.25) is 0 Å². The van der Waals surface area contributed by atoms with Crippen LogP contribution in [0.2, 0.25) is 0 Å². The molecule has 0 fully saturated rings. The van der Waals surface area contributed by atoms with Gasteiger partial charge in [0.05, 0.1) is 4.90 Å². The van der Waals surface area contributed by atoms with E-state index < -0.39 is 0 Å². The standard InChI is InChI=1S/C10H17N3OS/c1-4-13(5-2)9-8(15-6-3)7-11-10(14)12-9/h7H,4-6H2,1-3H3,(H,11,12,14). The van der Waals surface area contributed by atoms with Crippen molar-refractivity contribution in [1.29, 1.82) is 0 Å². The third-order valence-electron chi connectivity index (χ3n) is 2.09. The van der Waals surface area contributed by atoms with E-state index in [0.717, 1.165) is 29.6 Å². The second-order valence-electron chi connectivity index (χ2n) is 2.96. The SMILES string of the molecule is CCSc1cnc(O)nc1N(CC)CC. The normalized spacial score (nSPS) is 10.3. The zero-order valence-corrected chi connectivity index (χ0v) is 10.2. The van der Waals surface area contributed by atoms with Crippen molar-refractivity contribution in [2.45, 2.75) is 25.7 Å². The highest BCUT2D eigenvalue weighted by Crippen LogP contribution is 2.28. The minimum absolute atomic E-state index is 0.155. The van der Waals surface area contributed by atoms with Gasteiger partial charge in [0.1, 0.15) is 5.82 Å². The molecule has 5 heteroatoms. The summed E-state index contributed by atoms with van der Waals surface area (Å²) in [7, 11) is 0. The molecule has 0 unspecified atom stereocenters. The fourth-order valence-corrected chi connectivity index (χ4v) is 2.10. The van der Waals surface area contributed by atoms with Crippen LogP contribution in [0.1, 0.15) is 20.8 Å². The average molecular weight is 227 g/mol. The van der Waals surface area contributed by atoms with Gasteiger partial charge in [-0.1, -0.05) is 6.92 Å². The lowest BCUT2D eigenvalue weighted by Crippen LogP contribution is -2.23. The number of anilines is 1. The summed E-state index contributed by atoms with van der Waals surface area (Å²) in [6.45, 7) is 7.99. The molecule has 1 aromatic heterocycles. The Labute approximate surface area is 94.7 Å². The van der Waals surface area contributed by atoms with Crippen LogP contribution in [0.15, 0.2) is 11.1 Å². The molecule has 0 radical (unpaired) electrons. The Balaban J connectivity index is 3.04. The summed E-state index contributed by atoms with van der Waals surface area (Å²) in [5.74, 6) is 1.81. The number of hydrogen-bond acceptors (Lipinski definition) is 5. The minimum Gasteiger partial charge on any atom is -0.479 e. The van der Waals surface area contributed by atoms with E-state index >= 15 is 0 Å². The predicted molar refractivity (Wildman–Crippen MR) is 63.7 cm³/mol. The molecule has 4 nitrogen and oxygen atoms in total. The summed E-state index contributed by atoms with van der Waals surface area (Å²) < 4.78 is 0. The zero-order chi connectivity index (χ0) is 11.3. The zero-order valence-electron chi connectivity index (χ0n) is 9.40. The molecule has 0 saturated heterocycles. The van der Waals surface area contributed by atoms with Crippen LogP contribution in [-0.4, -0.2) is 33.9 Å². The van der Waals surface area contributed by atoms with Gasteiger partial charge in [-0.15, -0.1) is 11.8 Å². The van der Waals surface area contributed by atoms with Crippen LogP contribution in [0.25, 0.3) is 0 Å². The summed E-state index contributed by atoms with van der Waals surface area (Å²) in [6, 6.07) is -0.155. The van der Waals surface area contributed by atoms with Gasteiger partial charge in [-0.3, -0.25) is 0 Å². The maximum atomic E-state index is 9.29. The van der Waals surface area contributed by atoms with Crippen LogP contribution in [0.3, 0.4) is 0 Å². The molecule has 1 rings (SSSR count). The van der Waals surface area contributed by atoms with Gasteiger partial charge in [0, 0.05) is 19.3 Å². The highest BCUT2D eigenvalue weighted by molar-refractivity contribution is 7.99. The van der Waals surface area contributed by atoms with E-state index in [1.165, 1.54) is 0 Å². The van der Waals surface area contributed by atoms with E-state index in [2.05, 4.69) is 35.6 Å². The van der Waals surface area contributed by atoms with Crippen LogP contribution >= 0.6 is 11.8 Å². The predicted octanol–water partition coefficient (Wildman–Crippen LogP) is 2.14. The van der Waals surface area contributed by atoms with Gasteiger partial charge in [0.15, 0.2) is 0 Å². The fraction of sp³-hybridized carbons (Fsp3) is 0.600. The molecule has 1 heterocycles. The van der Waals surface area contributed by atoms with E-state index in [1.807, 2.05) is 0 Å². The molecule has 0 aliphatic heterocycles. The second kappa shape index (κ2) is 5.80. The molecule has 0 bridgehead atoms. The van der Waals surface area contributed by atoms with Gasteiger partial charge >= 0.3 is 6.01 Å². The molecule has 0 spiro atoms. The maximum Gasteiger partial charge on any atom is 0.315 e. The van der Waals surface area contributed by atoms with Gasteiger partial charge in [-0.25, -0.2) is 4.98 Å². The topological polar surface area (TPSA) is 49.3 Å². The lowest BCUT2D eigenvalue weighted by atomic mass is 10.4. The van der Waals surface area contributed by atoms with Crippen LogP contribution in [0, 0.1) is 0 Å². The summed E-state index contributed by atoms with van der Waals surface area (Å²) in [4.78, 5) is 11.0. The first kappa shape index (κ1) is 12.1. The largest absolute Gasteiger partial charge is 0.479 e. The number of nitrogens with zero attached hydrogens (tertiary/aromatic N) is 3. The van der Waals surface area contributed by atoms with Gasteiger partial charge in [-0.05, 0) is 19.6 Å². The van der Waals surface area contributed by atoms with Gasteiger partial charge < -0.3 is 10.0 Å². The fourth-order valence-electron chi connectivity index (χ4n) is 1.36. The van der Waals surface area contributed by atoms with Crippen molar-refractivity contribution in [3.8, 4) is 6.01 Å². The van der Waals surface area contributed by atoms with Crippen molar-refractivity contribution in [2.75, 3.05) is 23.7 Å². The second-order valence-corrected chi connectivity index (χ2v) is 4.27. The molecule has 0 aromatic carbocycles. The van der Waals surface area contributed by atoms with Crippen molar-refractivity contribution in [1.82, 2.24) is 9.97 Å². The van der Waals surface area contributed by atoms with Crippen molar-refractivity contribution in [3.63, 3.8) is 0 Å². The number of thioether (sulfide) groups is 1. The molecular weight excluding hydrogens is 210 g/mol. The summed E-state index contributed by atoms with van der Waals surface area (Å²) in [6.07, 6.45) is 1.68. The Morgan fingerprint density at radius 2 is 2.00 bits per heavy atom. The van der Waals surface area contributed by atoms with Gasteiger partial charge in [-0.2, -0.15) is 4.98 Å². The molecular formula is C10H17N3OS. The third kappa shape index (κ3) is 2.99. The van der Waals surface area contributed by atoms with Crippen LogP contribution in [0.5, 0.6) is 6.01 Å². The van der Waals surface area contributed by atoms with E-state index in [4.69, 9.17) is 0 Å². The molecule has 0 amide bonds. The highest BCUT2D eigenvalue weighted by Gasteiger charge is 2.11. The Bertz CT molecular complexity index is 316. The number of aromatic nitrogens is 2. The first-order valence-corrected chi connectivity index (χ1v) is 6.15. The summed E-state index contributed by atoms with van der Waals surface area (Å²) in [5.41, 5.74) is 0. The van der Waals surface area contributed by atoms with Crippen molar-refractivity contribution in [2.24, 2.45) is 0 Å².